The van der Waals surface area contributed by atoms with Crippen molar-refractivity contribution in [2.75, 3.05) is 19.7 Å². The molecule has 0 N–H and O–H groups in total. The van der Waals surface area contributed by atoms with Crippen molar-refractivity contribution in [2.45, 2.75) is 26.7 Å². The Labute approximate surface area is 142 Å². The largest absolute Gasteiger partial charge is 0.466 e. The minimum absolute atomic E-state index is 0.0380. The summed E-state index contributed by atoms with van der Waals surface area (Å²) in [6, 6.07) is 5.70. The molecule has 1 aliphatic heterocycles. The minimum Gasteiger partial charge on any atom is -0.466 e. The number of rotatable bonds is 4. The molecule has 1 aromatic rings. The normalized spacial score (nSPS) is 15.9. The standard InChI is InChI=1S/C18H22ClNO3/c1-3-23-18(22)15-8-10-20(11-9-15)17(21)7-6-14-5-4-13(2)16(19)12-14/h4-7,12,15H,3,8-11H2,1-2H3/b7-6+. The van der Waals surface area contributed by atoms with Gasteiger partial charge in [0.05, 0.1) is 12.5 Å². The van der Waals surface area contributed by atoms with E-state index in [1.807, 2.05) is 25.1 Å². The summed E-state index contributed by atoms with van der Waals surface area (Å²) in [6.07, 6.45) is 4.65. The number of hydrogen-bond acceptors (Lipinski definition) is 3. The summed E-state index contributed by atoms with van der Waals surface area (Å²) in [6.45, 7) is 5.32. The summed E-state index contributed by atoms with van der Waals surface area (Å²) < 4.78 is 5.03. The molecule has 0 bridgehead atoms. The highest BCUT2D eigenvalue weighted by atomic mass is 35.5. The maximum absolute atomic E-state index is 12.2. The number of likely N-dealkylation sites (tertiary alicyclic amines) is 1. The van der Waals surface area contributed by atoms with Crippen molar-refractivity contribution in [3.8, 4) is 0 Å². The molecule has 1 aliphatic rings. The third-order valence-electron chi connectivity index (χ3n) is 4.04. The summed E-state index contributed by atoms with van der Waals surface area (Å²) in [4.78, 5) is 25.7. The molecule has 0 aromatic heterocycles. The van der Waals surface area contributed by atoms with E-state index in [0.717, 1.165) is 11.1 Å². The second kappa shape index (κ2) is 8.16. The van der Waals surface area contributed by atoms with Crippen LogP contribution in [0.25, 0.3) is 6.08 Å². The zero-order valence-corrected chi connectivity index (χ0v) is 14.3. The van der Waals surface area contributed by atoms with Crippen molar-refractivity contribution in [2.24, 2.45) is 5.92 Å². The molecule has 1 amide bonds. The highest BCUT2D eigenvalue weighted by Gasteiger charge is 2.27. The Morgan fingerprint density at radius 2 is 2.04 bits per heavy atom. The van der Waals surface area contributed by atoms with Gasteiger partial charge in [-0.15, -0.1) is 0 Å². The summed E-state index contributed by atoms with van der Waals surface area (Å²) in [7, 11) is 0. The molecule has 1 aromatic carbocycles. The van der Waals surface area contributed by atoms with Crippen LogP contribution in [0.15, 0.2) is 24.3 Å². The highest BCUT2D eigenvalue weighted by molar-refractivity contribution is 6.31. The molecule has 0 unspecified atom stereocenters. The van der Waals surface area contributed by atoms with E-state index in [-0.39, 0.29) is 17.8 Å². The number of piperidine rings is 1. The third kappa shape index (κ3) is 4.83. The van der Waals surface area contributed by atoms with Crippen LogP contribution in [0.1, 0.15) is 30.9 Å². The van der Waals surface area contributed by atoms with Crippen LogP contribution in [0.3, 0.4) is 0 Å². The highest BCUT2D eigenvalue weighted by Crippen LogP contribution is 2.20. The average Bonchev–Trinajstić information content (AvgIpc) is 2.56. The number of benzene rings is 1. The quantitative estimate of drug-likeness (QED) is 0.625. The smallest absolute Gasteiger partial charge is 0.309 e. The minimum atomic E-state index is -0.149. The number of hydrogen-bond donors (Lipinski definition) is 0. The molecule has 0 saturated carbocycles. The Morgan fingerprint density at radius 1 is 1.35 bits per heavy atom. The topological polar surface area (TPSA) is 46.6 Å². The van der Waals surface area contributed by atoms with Crippen LogP contribution < -0.4 is 0 Å². The molecule has 5 heteroatoms. The van der Waals surface area contributed by atoms with E-state index in [4.69, 9.17) is 16.3 Å². The summed E-state index contributed by atoms with van der Waals surface area (Å²) in [5, 5.41) is 0.690. The molecular formula is C18H22ClNO3. The first-order chi connectivity index (χ1) is 11.0. The van der Waals surface area contributed by atoms with Gasteiger partial charge in [-0.25, -0.2) is 0 Å². The molecule has 23 heavy (non-hydrogen) atoms. The number of ether oxygens (including phenoxy) is 1. The fourth-order valence-corrected chi connectivity index (χ4v) is 2.77. The Kier molecular flexibility index (Phi) is 6.22. The number of halogens is 1. The number of carbonyl (C=O) groups excluding carboxylic acids is 2. The average molecular weight is 336 g/mol. The van der Waals surface area contributed by atoms with Crippen LogP contribution in [0.4, 0.5) is 0 Å². The Bertz CT molecular complexity index is 604. The van der Waals surface area contributed by atoms with Crippen LogP contribution in [0.2, 0.25) is 5.02 Å². The molecule has 0 atom stereocenters. The van der Waals surface area contributed by atoms with Crippen molar-refractivity contribution in [1.82, 2.24) is 4.90 Å². The molecule has 1 fully saturated rings. The fourth-order valence-electron chi connectivity index (χ4n) is 2.58. The van der Waals surface area contributed by atoms with Crippen LogP contribution in [0, 0.1) is 12.8 Å². The zero-order valence-electron chi connectivity index (χ0n) is 13.5. The Hall–Kier alpha value is -1.81. The SMILES string of the molecule is CCOC(=O)C1CCN(C(=O)/C=C/c2ccc(C)c(Cl)c2)CC1. The first-order valence-corrected chi connectivity index (χ1v) is 8.29. The molecular weight excluding hydrogens is 314 g/mol. The Balaban J connectivity index is 1.88. The van der Waals surface area contributed by atoms with E-state index in [1.54, 1.807) is 24.0 Å². The van der Waals surface area contributed by atoms with Gasteiger partial charge in [0.25, 0.3) is 0 Å². The number of aryl methyl sites for hydroxylation is 1. The van der Waals surface area contributed by atoms with E-state index in [9.17, 15) is 9.59 Å². The van der Waals surface area contributed by atoms with Crippen molar-refractivity contribution >= 4 is 29.6 Å². The van der Waals surface area contributed by atoms with Crippen LogP contribution in [0.5, 0.6) is 0 Å². The lowest BCUT2D eigenvalue weighted by Gasteiger charge is -2.30. The molecule has 1 heterocycles. The number of carbonyl (C=O) groups is 2. The fraction of sp³-hybridized carbons (Fsp3) is 0.444. The second-order valence-corrected chi connectivity index (χ2v) is 6.10. The van der Waals surface area contributed by atoms with E-state index in [1.165, 1.54) is 0 Å². The van der Waals surface area contributed by atoms with Gasteiger partial charge in [0.15, 0.2) is 0 Å². The monoisotopic (exact) mass is 335 g/mol. The van der Waals surface area contributed by atoms with E-state index in [2.05, 4.69) is 0 Å². The van der Waals surface area contributed by atoms with Gasteiger partial charge in [-0.05, 0) is 50.0 Å². The first kappa shape index (κ1) is 17.5. The summed E-state index contributed by atoms with van der Waals surface area (Å²) >= 11 is 6.08. The lowest BCUT2D eigenvalue weighted by Crippen LogP contribution is -2.39. The van der Waals surface area contributed by atoms with Crippen LogP contribution in [-0.2, 0) is 14.3 Å². The summed E-state index contributed by atoms with van der Waals surface area (Å²) in [5.41, 5.74) is 1.91. The number of esters is 1. The van der Waals surface area contributed by atoms with Crippen molar-refractivity contribution in [3.05, 3.63) is 40.4 Å². The zero-order chi connectivity index (χ0) is 16.8. The maximum Gasteiger partial charge on any atom is 0.309 e. The van der Waals surface area contributed by atoms with Gasteiger partial charge < -0.3 is 9.64 Å². The summed E-state index contributed by atoms with van der Waals surface area (Å²) in [5.74, 6) is -0.271. The van der Waals surface area contributed by atoms with Gasteiger partial charge in [-0.3, -0.25) is 9.59 Å². The molecule has 0 radical (unpaired) electrons. The maximum atomic E-state index is 12.2. The molecule has 0 aliphatic carbocycles. The van der Waals surface area contributed by atoms with Gasteiger partial charge in [0.2, 0.25) is 5.91 Å². The molecule has 0 spiro atoms. The van der Waals surface area contributed by atoms with Crippen molar-refractivity contribution in [3.63, 3.8) is 0 Å². The first-order valence-electron chi connectivity index (χ1n) is 7.91. The second-order valence-electron chi connectivity index (χ2n) is 5.69. The third-order valence-corrected chi connectivity index (χ3v) is 4.45. The van der Waals surface area contributed by atoms with Gasteiger partial charge >= 0.3 is 5.97 Å². The molecule has 1 saturated heterocycles. The van der Waals surface area contributed by atoms with Crippen molar-refractivity contribution < 1.29 is 14.3 Å². The van der Waals surface area contributed by atoms with Crippen molar-refractivity contribution in [1.29, 1.82) is 0 Å². The van der Waals surface area contributed by atoms with Gasteiger partial charge in [0.1, 0.15) is 0 Å². The van der Waals surface area contributed by atoms with E-state index < -0.39 is 0 Å². The van der Waals surface area contributed by atoms with Gasteiger partial charge in [0, 0.05) is 24.2 Å². The van der Waals surface area contributed by atoms with E-state index in [0.29, 0.717) is 37.6 Å². The predicted octanol–water partition coefficient (Wildman–Crippen LogP) is 3.46. The lowest BCUT2D eigenvalue weighted by atomic mass is 9.97. The number of nitrogens with zero attached hydrogens (tertiary/aromatic N) is 1. The molecule has 4 nitrogen and oxygen atoms in total. The Morgan fingerprint density at radius 3 is 2.65 bits per heavy atom. The predicted molar refractivity (Wildman–Crippen MR) is 91.2 cm³/mol. The lowest BCUT2D eigenvalue weighted by molar-refractivity contribution is -0.150. The number of amides is 1. The van der Waals surface area contributed by atoms with Crippen LogP contribution in [-0.4, -0.2) is 36.5 Å². The molecule has 124 valence electrons. The van der Waals surface area contributed by atoms with E-state index >= 15 is 0 Å². The van der Waals surface area contributed by atoms with Gasteiger partial charge in [-0.1, -0.05) is 23.7 Å². The van der Waals surface area contributed by atoms with Crippen LogP contribution >= 0.6 is 11.6 Å². The molecule has 2 rings (SSSR count). The van der Waals surface area contributed by atoms with Gasteiger partial charge in [-0.2, -0.15) is 0 Å².